The molecular weight excluding hydrogens is 637 g/mol. The van der Waals surface area contributed by atoms with Gasteiger partial charge in [-0.2, -0.15) is 5.12 Å². The molecular formula is C46H34N4Si. The Bertz CT molecular complexity index is 2510. The van der Waals surface area contributed by atoms with Gasteiger partial charge in [0.15, 0.2) is 8.07 Å². The summed E-state index contributed by atoms with van der Waals surface area (Å²) in [6, 6.07) is 67.0. The number of nitrogens with zero attached hydrogens (tertiary/aromatic N) is 4. The topological polar surface area (TPSA) is 14.7 Å². The molecule has 0 radical (unpaired) electrons. The first-order chi connectivity index (χ1) is 25.3. The maximum absolute atomic E-state index is 2.70. The van der Waals surface area contributed by atoms with Crippen molar-refractivity contribution in [2.75, 3.05) is 10.0 Å². The van der Waals surface area contributed by atoms with Crippen molar-refractivity contribution in [1.29, 1.82) is 0 Å². The maximum Gasteiger partial charge on any atom is 0.179 e. The van der Waals surface area contributed by atoms with Crippen LogP contribution in [0.2, 0.25) is 0 Å². The Hall–Kier alpha value is -6.56. The fourth-order valence-corrected chi connectivity index (χ4v) is 13.1. The van der Waals surface area contributed by atoms with E-state index in [9.17, 15) is 0 Å². The quantitative estimate of drug-likeness (QED) is 0.131. The van der Waals surface area contributed by atoms with Crippen LogP contribution >= 0.6 is 0 Å². The van der Waals surface area contributed by atoms with Gasteiger partial charge in [0.1, 0.15) is 0 Å². The summed E-state index contributed by atoms with van der Waals surface area (Å²) in [5.41, 5.74) is 6.94. The van der Waals surface area contributed by atoms with Crippen molar-refractivity contribution in [2.24, 2.45) is 0 Å². The molecule has 7 aromatic carbocycles. The third kappa shape index (κ3) is 4.45. The summed E-state index contributed by atoms with van der Waals surface area (Å²) in [6.45, 7) is 0. The molecule has 0 saturated heterocycles. The van der Waals surface area contributed by atoms with Crippen molar-refractivity contribution < 1.29 is 0 Å². The van der Waals surface area contributed by atoms with E-state index in [2.05, 4.69) is 226 Å². The highest BCUT2D eigenvalue weighted by Gasteiger charge is 2.41. The molecule has 2 aliphatic heterocycles. The third-order valence-electron chi connectivity index (χ3n) is 10.4. The Labute approximate surface area is 298 Å². The van der Waals surface area contributed by atoms with Crippen LogP contribution < -0.4 is 30.8 Å². The highest BCUT2D eigenvalue weighted by Crippen LogP contribution is 2.45. The zero-order chi connectivity index (χ0) is 33.8. The van der Waals surface area contributed by atoms with Gasteiger partial charge in [-0.1, -0.05) is 133 Å². The van der Waals surface area contributed by atoms with Crippen LogP contribution in [0.3, 0.4) is 0 Å². The largest absolute Gasteiger partial charge is 0.309 e. The SMILES string of the molecule is C1=CN2c3ccccc3N(c3ccc4c(c3)c3ccccc3n4-c3cccc([Si](c4ccccc4)(c4ccccc4)c4ccccc4)c3)N2C=C1. The lowest BCUT2D eigenvalue weighted by atomic mass is 10.1. The van der Waals surface area contributed by atoms with E-state index in [1.165, 1.54) is 42.6 Å². The second-order valence-electron chi connectivity index (χ2n) is 13.1. The van der Waals surface area contributed by atoms with Crippen LogP contribution in [0.15, 0.2) is 207 Å². The molecule has 1 aromatic heterocycles. The Balaban J connectivity index is 1.19. The second kappa shape index (κ2) is 11.8. The van der Waals surface area contributed by atoms with Gasteiger partial charge in [0.25, 0.3) is 0 Å². The number of hydrazine groups is 2. The Kier molecular flexibility index (Phi) is 6.79. The van der Waals surface area contributed by atoms with Gasteiger partial charge in [-0.05, 0) is 81.4 Å². The van der Waals surface area contributed by atoms with E-state index in [-0.39, 0.29) is 0 Å². The molecule has 0 aliphatic carbocycles. The first-order valence-corrected chi connectivity index (χ1v) is 19.5. The molecule has 0 unspecified atom stereocenters. The summed E-state index contributed by atoms with van der Waals surface area (Å²) in [6.07, 6.45) is 8.38. The standard InChI is InChI=1S/C46H34N4Si/c1-4-18-37(19-5-1)51(38-20-6-2-7-21-38,39-22-8-3-9-23-39)40-24-16-17-35(33-40)49-43-26-11-10-25-41(43)42-34-36(29-30-44(42)49)50-46-28-13-12-27-45(46)47-31-14-15-32-48(47)50/h1-34H. The maximum atomic E-state index is 2.46. The highest BCUT2D eigenvalue weighted by atomic mass is 28.3. The molecule has 0 fully saturated rings. The number of hydrogen-bond donors (Lipinski definition) is 0. The molecule has 4 nitrogen and oxygen atoms in total. The lowest BCUT2D eigenvalue weighted by molar-refractivity contribution is 0.408. The van der Waals surface area contributed by atoms with Gasteiger partial charge >= 0.3 is 0 Å². The molecule has 0 amide bonds. The minimum absolute atomic E-state index is 1.11. The van der Waals surface area contributed by atoms with Crippen molar-refractivity contribution in [3.63, 3.8) is 0 Å². The van der Waals surface area contributed by atoms with E-state index >= 15 is 0 Å². The zero-order valence-corrected chi connectivity index (χ0v) is 28.9. The van der Waals surface area contributed by atoms with E-state index < -0.39 is 8.07 Å². The average Bonchev–Trinajstić information content (AvgIpc) is 3.72. The summed E-state index contributed by atoms with van der Waals surface area (Å²) >= 11 is 0. The van der Waals surface area contributed by atoms with Crippen molar-refractivity contribution in [1.82, 2.24) is 9.69 Å². The number of aromatic nitrogens is 1. The highest BCUT2D eigenvalue weighted by molar-refractivity contribution is 7.19. The van der Waals surface area contributed by atoms with Gasteiger partial charge in [0, 0.05) is 28.9 Å². The summed E-state index contributed by atoms with van der Waals surface area (Å²) < 4.78 is 2.45. The molecule has 10 rings (SSSR count). The van der Waals surface area contributed by atoms with Gasteiger partial charge < -0.3 is 4.57 Å². The van der Waals surface area contributed by atoms with Crippen molar-refractivity contribution in [2.45, 2.75) is 0 Å². The number of hydrogen-bond acceptors (Lipinski definition) is 3. The van der Waals surface area contributed by atoms with Crippen LogP contribution in [-0.4, -0.2) is 17.8 Å². The Morgan fingerprint density at radius 1 is 0.373 bits per heavy atom. The summed E-state index contributed by atoms with van der Waals surface area (Å²) in [5.74, 6) is 0. The number of fused-ring (bicyclic) bond motifs is 6. The molecule has 8 aromatic rings. The fraction of sp³-hybridized carbons (Fsp3) is 0. The number of rotatable bonds is 6. The number of para-hydroxylation sites is 3. The van der Waals surface area contributed by atoms with Crippen LogP contribution in [0.25, 0.3) is 27.5 Å². The molecule has 5 heteroatoms. The number of anilines is 3. The molecule has 0 bridgehead atoms. The van der Waals surface area contributed by atoms with E-state index in [1.807, 2.05) is 0 Å². The smallest absolute Gasteiger partial charge is 0.179 e. The lowest BCUT2D eigenvalue weighted by Crippen LogP contribution is -2.74. The normalized spacial score (nSPS) is 13.6. The van der Waals surface area contributed by atoms with E-state index in [0.717, 1.165) is 22.7 Å². The van der Waals surface area contributed by atoms with E-state index in [1.54, 1.807) is 0 Å². The number of allylic oxidation sites excluding steroid dienone is 2. The summed E-state index contributed by atoms with van der Waals surface area (Å²) in [7, 11) is -2.70. The van der Waals surface area contributed by atoms with Crippen LogP contribution in [0.1, 0.15) is 0 Å². The third-order valence-corrected chi connectivity index (χ3v) is 15.2. The van der Waals surface area contributed by atoms with Gasteiger partial charge in [0.2, 0.25) is 0 Å². The predicted octanol–water partition coefficient (Wildman–Crippen LogP) is 8.29. The van der Waals surface area contributed by atoms with Gasteiger partial charge in [-0.15, -0.1) is 0 Å². The van der Waals surface area contributed by atoms with Crippen LogP contribution in [0.5, 0.6) is 0 Å². The molecule has 51 heavy (non-hydrogen) atoms. The fourth-order valence-electron chi connectivity index (χ4n) is 8.27. The lowest BCUT2D eigenvalue weighted by Gasteiger charge is -2.34. The Morgan fingerprint density at radius 3 is 1.65 bits per heavy atom. The predicted molar refractivity (Wildman–Crippen MR) is 216 cm³/mol. The van der Waals surface area contributed by atoms with Crippen molar-refractivity contribution >= 4 is 67.7 Å². The zero-order valence-electron chi connectivity index (χ0n) is 27.9. The van der Waals surface area contributed by atoms with Crippen molar-refractivity contribution in [3.05, 3.63) is 207 Å². The summed E-state index contributed by atoms with van der Waals surface area (Å²) in [4.78, 5) is 0. The average molecular weight is 671 g/mol. The molecule has 0 atom stereocenters. The van der Waals surface area contributed by atoms with Crippen LogP contribution in [-0.2, 0) is 0 Å². The van der Waals surface area contributed by atoms with Crippen LogP contribution in [0, 0.1) is 0 Å². The van der Waals surface area contributed by atoms with E-state index in [0.29, 0.717) is 0 Å². The first-order valence-electron chi connectivity index (χ1n) is 17.5. The molecule has 0 spiro atoms. The van der Waals surface area contributed by atoms with Gasteiger partial charge in [-0.25, -0.2) is 10.0 Å². The van der Waals surface area contributed by atoms with Gasteiger partial charge in [-0.3, -0.25) is 0 Å². The van der Waals surface area contributed by atoms with E-state index in [4.69, 9.17) is 0 Å². The Morgan fingerprint density at radius 2 is 0.941 bits per heavy atom. The second-order valence-corrected chi connectivity index (χ2v) is 16.9. The molecule has 0 saturated carbocycles. The van der Waals surface area contributed by atoms with Crippen LogP contribution in [0.4, 0.5) is 17.1 Å². The minimum atomic E-state index is -2.70. The molecule has 3 heterocycles. The monoisotopic (exact) mass is 670 g/mol. The first kappa shape index (κ1) is 29.4. The summed E-state index contributed by atoms with van der Waals surface area (Å²) in [5, 5.41) is 14.6. The van der Waals surface area contributed by atoms with Crippen molar-refractivity contribution in [3.8, 4) is 5.69 Å². The van der Waals surface area contributed by atoms with Gasteiger partial charge in [0.05, 0.1) is 28.1 Å². The molecule has 2 aliphatic rings. The minimum Gasteiger partial charge on any atom is -0.309 e. The molecule has 242 valence electrons. The molecule has 0 N–H and O–H groups in total. The number of benzene rings is 7.